The molecule has 0 saturated carbocycles. The molecule has 3 aromatic rings. The number of morpholine rings is 1. The minimum Gasteiger partial charge on any atom is -0.481 e. The third-order valence-corrected chi connectivity index (χ3v) is 8.52. The first kappa shape index (κ1) is 32.3. The Bertz CT molecular complexity index is 1530. The molecule has 0 spiro atoms. The number of ether oxygens (including phenoxy) is 2. The van der Waals surface area contributed by atoms with Crippen molar-refractivity contribution in [2.24, 2.45) is 0 Å². The van der Waals surface area contributed by atoms with Crippen molar-refractivity contribution in [1.82, 2.24) is 15.5 Å². The molecule has 3 aromatic carbocycles. The summed E-state index contributed by atoms with van der Waals surface area (Å²) in [5, 5.41) is 6.98. The van der Waals surface area contributed by atoms with E-state index in [1.54, 1.807) is 4.90 Å². The van der Waals surface area contributed by atoms with E-state index in [4.69, 9.17) is 15.9 Å². The zero-order valence-corrected chi connectivity index (χ0v) is 25.2. The Hall–Kier alpha value is -4.59. The van der Waals surface area contributed by atoms with Crippen molar-refractivity contribution in [2.45, 2.75) is 36.2 Å². The molecule has 44 heavy (non-hydrogen) atoms. The molecule has 0 bridgehead atoms. The van der Waals surface area contributed by atoms with Gasteiger partial charge in [0.2, 0.25) is 5.91 Å². The number of nitrogens with one attached hydrogen (secondary N) is 2. The van der Waals surface area contributed by atoms with Gasteiger partial charge in [0.15, 0.2) is 9.84 Å². The number of urea groups is 1. The smallest absolute Gasteiger partial charge is 0.318 e. The van der Waals surface area contributed by atoms with E-state index in [1.165, 1.54) is 30.3 Å². The van der Waals surface area contributed by atoms with Gasteiger partial charge in [-0.1, -0.05) is 72.7 Å². The molecule has 2 N–H and O–H groups in total. The molecule has 3 amide bonds. The first-order valence-corrected chi connectivity index (χ1v) is 16.0. The Morgan fingerprint density at radius 1 is 0.932 bits per heavy atom. The number of hydrogen-bond acceptors (Lipinski definition) is 6. The van der Waals surface area contributed by atoms with Gasteiger partial charge in [0.25, 0.3) is 0 Å². The van der Waals surface area contributed by atoms with Crippen LogP contribution >= 0.6 is 0 Å². The Kier molecular flexibility index (Phi) is 12.0. The van der Waals surface area contributed by atoms with Crippen molar-refractivity contribution in [3.05, 3.63) is 108 Å². The zero-order valence-electron chi connectivity index (χ0n) is 24.4. The van der Waals surface area contributed by atoms with Gasteiger partial charge in [0.1, 0.15) is 18.4 Å². The molecule has 1 aliphatic rings. The second-order valence-electron chi connectivity index (χ2n) is 10.3. The maximum absolute atomic E-state index is 13.7. The molecule has 10 heteroatoms. The average Bonchev–Trinajstić information content (AvgIpc) is 3.06. The summed E-state index contributed by atoms with van der Waals surface area (Å²) in [5.41, 5.74) is 1.93. The molecule has 0 aromatic heterocycles. The number of benzene rings is 3. The van der Waals surface area contributed by atoms with Crippen molar-refractivity contribution in [1.29, 1.82) is 0 Å². The summed E-state index contributed by atoms with van der Waals surface area (Å²) in [6, 6.07) is 23.2. The maximum Gasteiger partial charge on any atom is 0.318 e. The number of hydrogen-bond donors (Lipinski definition) is 2. The normalized spacial score (nSPS) is 14.8. The lowest BCUT2D eigenvalue weighted by molar-refractivity contribution is -0.123. The van der Waals surface area contributed by atoms with Gasteiger partial charge in [-0.05, 0) is 48.2 Å². The Morgan fingerprint density at radius 3 is 2.20 bits per heavy atom. The number of aryl methyl sites for hydroxylation is 1. The molecule has 4 rings (SSSR count). The van der Waals surface area contributed by atoms with E-state index in [0.717, 1.165) is 16.5 Å². The summed E-state index contributed by atoms with van der Waals surface area (Å²) in [6.07, 6.45) is 8.01. The van der Waals surface area contributed by atoms with Gasteiger partial charge in [-0.15, -0.1) is 6.42 Å². The van der Waals surface area contributed by atoms with E-state index >= 15 is 0 Å². The van der Waals surface area contributed by atoms with Crippen LogP contribution in [0.1, 0.15) is 17.5 Å². The molecular formula is C34H37N3O6S. The van der Waals surface area contributed by atoms with Gasteiger partial charge in [-0.2, -0.15) is 0 Å². The lowest BCUT2D eigenvalue weighted by Gasteiger charge is -2.29. The second kappa shape index (κ2) is 16.3. The highest BCUT2D eigenvalue weighted by Gasteiger charge is 2.26. The van der Waals surface area contributed by atoms with Crippen LogP contribution in [0.25, 0.3) is 0 Å². The molecular weight excluding hydrogens is 578 g/mol. The van der Waals surface area contributed by atoms with Gasteiger partial charge in [-0.25, -0.2) is 13.2 Å². The van der Waals surface area contributed by atoms with Crippen molar-refractivity contribution < 1.29 is 27.5 Å². The molecule has 230 valence electrons. The summed E-state index contributed by atoms with van der Waals surface area (Å²) in [7, 11) is -3.83. The molecule has 0 unspecified atom stereocenters. The van der Waals surface area contributed by atoms with E-state index in [1.807, 2.05) is 60.7 Å². The van der Waals surface area contributed by atoms with Crippen molar-refractivity contribution in [3.8, 4) is 18.1 Å². The molecule has 9 nitrogen and oxygen atoms in total. The van der Waals surface area contributed by atoms with E-state index in [9.17, 15) is 18.0 Å². The fourth-order valence-electron chi connectivity index (χ4n) is 4.66. The molecule has 1 fully saturated rings. The van der Waals surface area contributed by atoms with Gasteiger partial charge in [0.05, 0.1) is 18.1 Å². The van der Waals surface area contributed by atoms with Crippen LogP contribution in [0.5, 0.6) is 5.75 Å². The minimum absolute atomic E-state index is 0.0763. The SMILES string of the molecule is C#CCOc1ccc(S(=O)(=O)/C=C/[C@H](CCc2ccccc2)NC(=O)[C@H](Cc2ccccc2)NC(=O)N2CCOCC2)cc1. The number of carbonyl (C=O) groups is 2. The highest BCUT2D eigenvalue weighted by molar-refractivity contribution is 7.94. The number of sulfone groups is 1. The van der Waals surface area contributed by atoms with Crippen LogP contribution in [-0.2, 0) is 32.2 Å². The molecule has 0 radical (unpaired) electrons. The van der Waals surface area contributed by atoms with E-state index < -0.39 is 27.8 Å². The summed E-state index contributed by atoms with van der Waals surface area (Å²) >= 11 is 0. The van der Waals surface area contributed by atoms with E-state index in [2.05, 4.69) is 16.6 Å². The highest BCUT2D eigenvalue weighted by Crippen LogP contribution is 2.19. The summed E-state index contributed by atoms with van der Waals surface area (Å²) in [6.45, 7) is 1.81. The van der Waals surface area contributed by atoms with Gasteiger partial charge < -0.3 is 25.0 Å². The highest BCUT2D eigenvalue weighted by atomic mass is 32.2. The van der Waals surface area contributed by atoms with Crippen LogP contribution in [0, 0.1) is 12.3 Å². The third-order valence-electron chi connectivity index (χ3n) is 7.07. The number of carbonyl (C=O) groups excluding carboxylic acids is 2. The first-order chi connectivity index (χ1) is 21.3. The number of terminal acetylenes is 1. The Labute approximate surface area is 259 Å². The minimum atomic E-state index is -3.83. The predicted octanol–water partition coefficient (Wildman–Crippen LogP) is 3.76. The first-order valence-electron chi connectivity index (χ1n) is 14.4. The summed E-state index contributed by atoms with van der Waals surface area (Å²) in [5.74, 6) is 2.41. The van der Waals surface area contributed by atoms with Gasteiger partial charge in [0, 0.05) is 31.0 Å². The van der Waals surface area contributed by atoms with Gasteiger partial charge in [-0.3, -0.25) is 4.79 Å². The fourth-order valence-corrected chi connectivity index (χ4v) is 5.73. The number of amides is 3. The molecule has 0 aliphatic carbocycles. The fraction of sp³-hybridized carbons (Fsp3) is 0.294. The van der Waals surface area contributed by atoms with Crippen LogP contribution in [0.4, 0.5) is 4.79 Å². The molecule has 1 aliphatic heterocycles. The van der Waals surface area contributed by atoms with Crippen molar-refractivity contribution >= 4 is 21.8 Å². The van der Waals surface area contributed by atoms with Crippen LogP contribution in [0.15, 0.2) is 101 Å². The van der Waals surface area contributed by atoms with Crippen LogP contribution in [0.2, 0.25) is 0 Å². The summed E-state index contributed by atoms with van der Waals surface area (Å²) < 4.78 is 37.0. The average molecular weight is 616 g/mol. The largest absolute Gasteiger partial charge is 0.481 e. The zero-order chi connectivity index (χ0) is 31.2. The van der Waals surface area contributed by atoms with Crippen LogP contribution < -0.4 is 15.4 Å². The third kappa shape index (κ3) is 10.0. The molecule has 1 saturated heterocycles. The van der Waals surface area contributed by atoms with E-state index in [-0.39, 0.29) is 24.0 Å². The lowest BCUT2D eigenvalue weighted by atomic mass is 10.0. The van der Waals surface area contributed by atoms with Crippen LogP contribution in [-0.4, -0.2) is 70.2 Å². The Balaban J connectivity index is 1.53. The summed E-state index contributed by atoms with van der Waals surface area (Å²) in [4.78, 5) is 28.5. The molecule has 2 atom stereocenters. The van der Waals surface area contributed by atoms with Crippen molar-refractivity contribution in [3.63, 3.8) is 0 Å². The Morgan fingerprint density at radius 2 is 1.57 bits per heavy atom. The lowest BCUT2D eigenvalue weighted by Crippen LogP contribution is -2.55. The number of nitrogens with zero attached hydrogens (tertiary/aromatic N) is 1. The standard InChI is InChI=1S/C34H37N3O6S/c1-2-22-43-30-15-17-31(18-16-30)44(40,41)25-19-29(14-13-27-9-5-3-6-10-27)35-33(38)32(26-28-11-7-4-8-12-28)36-34(39)37-20-23-42-24-21-37/h1,3-12,15-19,25,29,32H,13-14,20-24,26H2,(H,35,38)(H,36,39)/b25-19+/t29-,32-/m0/s1. The second-order valence-corrected chi connectivity index (χ2v) is 12.1. The van der Waals surface area contributed by atoms with Crippen molar-refractivity contribution in [2.75, 3.05) is 32.9 Å². The maximum atomic E-state index is 13.7. The number of rotatable bonds is 13. The topological polar surface area (TPSA) is 114 Å². The molecule has 1 heterocycles. The van der Waals surface area contributed by atoms with Gasteiger partial charge >= 0.3 is 6.03 Å². The van der Waals surface area contributed by atoms with E-state index in [0.29, 0.717) is 44.9 Å². The predicted molar refractivity (Wildman–Crippen MR) is 169 cm³/mol. The van der Waals surface area contributed by atoms with Crippen LogP contribution in [0.3, 0.4) is 0 Å². The quantitative estimate of drug-likeness (QED) is 0.283. The monoisotopic (exact) mass is 615 g/mol.